The van der Waals surface area contributed by atoms with Crippen molar-refractivity contribution in [1.29, 1.82) is 0 Å². The van der Waals surface area contributed by atoms with Gasteiger partial charge < -0.3 is 5.32 Å². The number of halogens is 2. The molecular weight excluding hydrogens is 277 g/mol. The van der Waals surface area contributed by atoms with E-state index in [-0.39, 0.29) is 0 Å². The molecule has 0 aliphatic heterocycles. The Kier molecular flexibility index (Phi) is 5.56. The van der Waals surface area contributed by atoms with Crippen molar-refractivity contribution >= 4 is 23.2 Å². The topological polar surface area (TPSA) is 12.0 Å². The molecule has 0 amide bonds. The molecule has 106 valence electrons. The minimum atomic E-state index is 0.499. The van der Waals surface area contributed by atoms with Crippen LogP contribution in [-0.4, -0.2) is 13.1 Å². The third-order valence-corrected chi connectivity index (χ3v) is 4.97. The van der Waals surface area contributed by atoms with Gasteiger partial charge in [0.15, 0.2) is 0 Å². The minimum absolute atomic E-state index is 0.499. The van der Waals surface area contributed by atoms with Gasteiger partial charge in [-0.3, -0.25) is 0 Å². The summed E-state index contributed by atoms with van der Waals surface area (Å²) in [6.07, 6.45) is 6.35. The van der Waals surface area contributed by atoms with E-state index in [1.165, 1.54) is 25.7 Å². The first-order valence-corrected chi connectivity index (χ1v) is 7.97. The highest BCUT2D eigenvalue weighted by molar-refractivity contribution is 6.33. The number of likely N-dealkylation sites (N-methyl/N-ethyl adjacent to an activating group) is 1. The Labute approximate surface area is 126 Å². The second-order valence-electron chi connectivity index (χ2n) is 5.87. The summed E-state index contributed by atoms with van der Waals surface area (Å²) in [6, 6.07) is 6.25. The molecule has 0 bridgehead atoms. The molecule has 0 spiro atoms. The van der Waals surface area contributed by atoms with Crippen LogP contribution in [0.15, 0.2) is 18.2 Å². The van der Waals surface area contributed by atoms with Crippen molar-refractivity contribution in [3.63, 3.8) is 0 Å². The van der Waals surface area contributed by atoms with Gasteiger partial charge in [-0.25, -0.2) is 0 Å². The van der Waals surface area contributed by atoms with E-state index in [9.17, 15) is 0 Å². The Morgan fingerprint density at radius 1 is 1.32 bits per heavy atom. The highest BCUT2D eigenvalue weighted by Gasteiger charge is 2.26. The average molecular weight is 300 g/mol. The maximum absolute atomic E-state index is 6.28. The summed E-state index contributed by atoms with van der Waals surface area (Å²) in [4.78, 5) is 0. The monoisotopic (exact) mass is 299 g/mol. The molecule has 19 heavy (non-hydrogen) atoms. The Morgan fingerprint density at radius 2 is 2.11 bits per heavy atom. The number of hydrogen-bond acceptors (Lipinski definition) is 1. The second kappa shape index (κ2) is 6.97. The zero-order valence-electron chi connectivity index (χ0n) is 11.8. The first-order chi connectivity index (χ1) is 9.10. The third kappa shape index (κ3) is 4.11. The van der Waals surface area contributed by atoms with Gasteiger partial charge in [-0.05, 0) is 61.9 Å². The van der Waals surface area contributed by atoms with E-state index in [2.05, 4.69) is 19.3 Å². The van der Waals surface area contributed by atoms with Gasteiger partial charge in [0.2, 0.25) is 0 Å². The van der Waals surface area contributed by atoms with E-state index in [0.29, 0.717) is 6.04 Å². The number of nitrogens with one attached hydrogen (secondary N) is 1. The molecule has 0 radical (unpaired) electrons. The molecule has 1 N–H and O–H groups in total. The summed E-state index contributed by atoms with van der Waals surface area (Å²) < 4.78 is 0. The van der Waals surface area contributed by atoms with E-state index in [1.807, 2.05) is 18.2 Å². The van der Waals surface area contributed by atoms with Crippen LogP contribution in [0.4, 0.5) is 0 Å². The van der Waals surface area contributed by atoms with Crippen LogP contribution in [0.3, 0.4) is 0 Å². The molecule has 1 saturated carbocycles. The quantitative estimate of drug-likeness (QED) is 0.829. The van der Waals surface area contributed by atoms with Gasteiger partial charge in [-0.1, -0.05) is 43.0 Å². The van der Waals surface area contributed by atoms with Crippen LogP contribution in [-0.2, 0) is 6.42 Å². The van der Waals surface area contributed by atoms with Gasteiger partial charge in [0.25, 0.3) is 0 Å². The molecule has 3 atom stereocenters. The molecule has 1 aromatic carbocycles. The summed E-state index contributed by atoms with van der Waals surface area (Å²) >= 11 is 12.4. The lowest BCUT2D eigenvalue weighted by Crippen LogP contribution is -2.38. The fraction of sp³-hybridized carbons (Fsp3) is 0.625. The SMILES string of the molecule is CNC(Cc1cc(Cl)ccc1Cl)C1CCCC(C)C1. The van der Waals surface area contributed by atoms with E-state index in [4.69, 9.17) is 23.2 Å². The predicted octanol–water partition coefficient (Wildman–Crippen LogP) is 4.95. The van der Waals surface area contributed by atoms with Crippen LogP contribution in [0, 0.1) is 11.8 Å². The van der Waals surface area contributed by atoms with Crippen LogP contribution in [0.1, 0.15) is 38.2 Å². The summed E-state index contributed by atoms with van der Waals surface area (Å²) in [5.74, 6) is 1.60. The molecule has 3 unspecified atom stereocenters. The Hall–Kier alpha value is -0.240. The fourth-order valence-corrected chi connectivity index (χ4v) is 3.68. The molecule has 2 rings (SSSR count). The van der Waals surface area contributed by atoms with Crippen LogP contribution < -0.4 is 5.32 Å². The summed E-state index contributed by atoms with van der Waals surface area (Å²) in [7, 11) is 2.06. The van der Waals surface area contributed by atoms with Crippen LogP contribution >= 0.6 is 23.2 Å². The average Bonchev–Trinajstić information content (AvgIpc) is 2.39. The van der Waals surface area contributed by atoms with Crippen molar-refractivity contribution in [2.45, 2.75) is 45.1 Å². The lowest BCUT2D eigenvalue weighted by molar-refractivity contribution is 0.227. The highest BCUT2D eigenvalue weighted by Crippen LogP contribution is 2.33. The van der Waals surface area contributed by atoms with Crippen molar-refractivity contribution in [1.82, 2.24) is 5.32 Å². The largest absolute Gasteiger partial charge is 0.316 e. The Morgan fingerprint density at radius 3 is 2.79 bits per heavy atom. The van der Waals surface area contributed by atoms with E-state index < -0.39 is 0 Å². The predicted molar refractivity (Wildman–Crippen MR) is 84.1 cm³/mol. The summed E-state index contributed by atoms with van der Waals surface area (Å²) in [6.45, 7) is 2.37. The van der Waals surface area contributed by atoms with Crippen molar-refractivity contribution in [3.8, 4) is 0 Å². The van der Waals surface area contributed by atoms with Gasteiger partial charge in [0, 0.05) is 16.1 Å². The third-order valence-electron chi connectivity index (χ3n) is 4.36. The number of rotatable bonds is 4. The molecule has 3 heteroatoms. The summed E-state index contributed by atoms with van der Waals surface area (Å²) in [5, 5.41) is 5.08. The van der Waals surface area contributed by atoms with Gasteiger partial charge >= 0.3 is 0 Å². The van der Waals surface area contributed by atoms with E-state index in [1.54, 1.807) is 0 Å². The molecule has 1 aliphatic rings. The van der Waals surface area contributed by atoms with Crippen LogP contribution in [0.2, 0.25) is 10.0 Å². The number of benzene rings is 1. The standard InChI is InChI=1S/C16H23Cl2N/c1-11-4-3-5-12(8-11)16(19-2)10-13-9-14(17)6-7-15(13)18/h6-7,9,11-12,16,19H,3-5,8,10H2,1-2H3. The van der Waals surface area contributed by atoms with E-state index in [0.717, 1.165) is 33.9 Å². The van der Waals surface area contributed by atoms with Crippen molar-refractivity contribution in [2.75, 3.05) is 7.05 Å². The molecule has 1 fully saturated rings. The van der Waals surface area contributed by atoms with Crippen LogP contribution in [0.5, 0.6) is 0 Å². The van der Waals surface area contributed by atoms with Crippen molar-refractivity contribution in [2.24, 2.45) is 11.8 Å². The fourth-order valence-electron chi connectivity index (χ4n) is 3.29. The zero-order valence-corrected chi connectivity index (χ0v) is 13.3. The minimum Gasteiger partial charge on any atom is -0.316 e. The molecule has 0 saturated heterocycles. The smallest absolute Gasteiger partial charge is 0.0439 e. The lowest BCUT2D eigenvalue weighted by Gasteiger charge is -2.33. The first-order valence-electron chi connectivity index (χ1n) is 7.21. The summed E-state index contributed by atoms with van der Waals surface area (Å²) in [5.41, 5.74) is 1.16. The van der Waals surface area contributed by atoms with E-state index >= 15 is 0 Å². The highest BCUT2D eigenvalue weighted by atomic mass is 35.5. The Bertz CT molecular complexity index is 419. The molecule has 1 nitrogen and oxygen atoms in total. The van der Waals surface area contributed by atoms with Crippen LogP contribution in [0.25, 0.3) is 0 Å². The van der Waals surface area contributed by atoms with Crippen molar-refractivity contribution in [3.05, 3.63) is 33.8 Å². The Balaban J connectivity index is 2.07. The van der Waals surface area contributed by atoms with Gasteiger partial charge in [-0.2, -0.15) is 0 Å². The zero-order chi connectivity index (χ0) is 13.8. The van der Waals surface area contributed by atoms with Gasteiger partial charge in [0.1, 0.15) is 0 Å². The molecule has 0 heterocycles. The number of hydrogen-bond donors (Lipinski definition) is 1. The van der Waals surface area contributed by atoms with Gasteiger partial charge in [0.05, 0.1) is 0 Å². The molecule has 1 aliphatic carbocycles. The molecule has 1 aromatic rings. The lowest BCUT2D eigenvalue weighted by atomic mass is 9.77. The van der Waals surface area contributed by atoms with Gasteiger partial charge in [-0.15, -0.1) is 0 Å². The second-order valence-corrected chi connectivity index (χ2v) is 6.71. The first kappa shape index (κ1) is 15.2. The maximum atomic E-state index is 6.28. The molecular formula is C16H23Cl2N. The molecule has 0 aromatic heterocycles. The normalized spacial score (nSPS) is 25.3. The maximum Gasteiger partial charge on any atom is 0.0439 e. The van der Waals surface area contributed by atoms with Crippen molar-refractivity contribution < 1.29 is 0 Å².